The number of fused-ring (bicyclic) bond motifs is 1. The molecule has 0 amide bonds. The Bertz CT molecular complexity index is 544. The zero-order valence-electron chi connectivity index (χ0n) is 10.6. The Morgan fingerprint density at radius 2 is 2.39 bits per heavy atom. The summed E-state index contributed by atoms with van der Waals surface area (Å²) in [5, 5.41) is 4.68. The lowest BCUT2D eigenvalue weighted by atomic mass is 9.84. The molecule has 0 spiro atoms. The Morgan fingerprint density at radius 1 is 1.50 bits per heavy atom. The number of pyridine rings is 1. The van der Waals surface area contributed by atoms with Gasteiger partial charge in [0.1, 0.15) is 0 Å². The fourth-order valence-electron chi connectivity index (χ4n) is 2.91. The minimum Gasteiger partial charge on any atom is -0.330 e. The van der Waals surface area contributed by atoms with Gasteiger partial charge >= 0.3 is 0 Å². The average Bonchev–Trinajstić information content (AvgIpc) is 2.77. The molecule has 0 radical (unpaired) electrons. The first-order valence-electron chi connectivity index (χ1n) is 6.47. The molecule has 2 heterocycles. The average molecular weight is 242 g/mol. The van der Waals surface area contributed by atoms with Gasteiger partial charge in [0.05, 0.1) is 5.69 Å². The summed E-state index contributed by atoms with van der Waals surface area (Å²) in [5.74, 6) is 0.442. The topological polar surface area (TPSA) is 56.7 Å². The van der Waals surface area contributed by atoms with Gasteiger partial charge in [-0.1, -0.05) is 0 Å². The molecule has 2 N–H and O–H groups in total. The van der Waals surface area contributed by atoms with E-state index in [0.717, 1.165) is 17.7 Å². The lowest BCUT2D eigenvalue weighted by Crippen LogP contribution is -2.19. The molecule has 2 aromatic heterocycles. The molecule has 1 aliphatic rings. The maximum atomic E-state index is 5.92. The van der Waals surface area contributed by atoms with Gasteiger partial charge in [0.2, 0.25) is 0 Å². The van der Waals surface area contributed by atoms with Crippen LogP contribution < -0.4 is 5.73 Å². The van der Waals surface area contributed by atoms with Gasteiger partial charge in [-0.15, -0.1) is 0 Å². The van der Waals surface area contributed by atoms with E-state index >= 15 is 0 Å². The van der Waals surface area contributed by atoms with E-state index in [-0.39, 0.29) is 0 Å². The first-order valence-corrected chi connectivity index (χ1v) is 6.47. The SMILES string of the molecule is Cn1nc(-c2cccnc2)c2c1CCCC2CN. The number of hydrogen-bond acceptors (Lipinski definition) is 3. The second kappa shape index (κ2) is 4.53. The molecule has 1 atom stereocenters. The fraction of sp³-hybridized carbons (Fsp3) is 0.429. The maximum Gasteiger partial charge on any atom is 0.0976 e. The molecule has 1 unspecified atom stereocenters. The Morgan fingerprint density at radius 3 is 3.11 bits per heavy atom. The Labute approximate surface area is 107 Å². The number of aryl methyl sites for hydroxylation is 1. The third-order valence-corrected chi connectivity index (χ3v) is 3.80. The molecule has 0 saturated carbocycles. The van der Waals surface area contributed by atoms with E-state index in [4.69, 9.17) is 5.73 Å². The minimum absolute atomic E-state index is 0.442. The Hall–Kier alpha value is -1.68. The highest BCUT2D eigenvalue weighted by atomic mass is 15.3. The molecule has 94 valence electrons. The van der Waals surface area contributed by atoms with Gasteiger partial charge in [0.15, 0.2) is 0 Å². The quantitative estimate of drug-likeness (QED) is 0.874. The van der Waals surface area contributed by atoms with E-state index in [1.165, 1.54) is 24.1 Å². The van der Waals surface area contributed by atoms with E-state index in [9.17, 15) is 0 Å². The first-order chi connectivity index (χ1) is 8.81. The third-order valence-electron chi connectivity index (χ3n) is 3.80. The van der Waals surface area contributed by atoms with Crippen LogP contribution in [0.3, 0.4) is 0 Å². The Balaban J connectivity index is 2.17. The van der Waals surface area contributed by atoms with Crippen molar-refractivity contribution in [2.45, 2.75) is 25.2 Å². The normalized spacial score (nSPS) is 18.7. The molecule has 1 aliphatic carbocycles. The lowest BCUT2D eigenvalue weighted by Gasteiger charge is -2.22. The predicted octanol–water partition coefficient (Wildman–Crippen LogP) is 1.86. The van der Waals surface area contributed by atoms with Crippen LogP contribution in [-0.4, -0.2) is 21.3 Å². The van der Waals surface area contributed by atoms with Gasteiger partial charge in [0.25, 0.3) is 0 Å². The van der Waals surface area contributed by atoms with E-state index in [1.54, 1.807) is 6.20 Å². The van der Waals surface area contributed by atoms with E-state index in [0.29, 0.717) is 12.5 Å². The van der Waals surface area contributed by atoms with Crippen molar-refractivity contribution in [1.82, 2.24) is 14.8 Å². The number of hydrogen-bond donors (Lipinski definition) is 1. The second-order valence-electron chi connectivity index (χ2n) is 4.90. The van der Waals surface area contributed by atoms with Crippen LogP contribution in [0.15, 0.2) is 24.5 Å². The molecule has 0 aromatic carbocycles. The molecule has 18 heavy (non-hydrogen) atoms. The van der Waals surface area contributed by atoms with Gasteiger partial charge in [-0.2, -0.15) is 5.10 Å². The van der Waals surface area contributed by atoms with Crippen molar-refractivity contribution >= 4 is 0 Å². The summed E-state index contributed by atoms with van der Waals surface area (Å²) < 4.78 is 2.01. The predicted molar refractivity (Wildman–Crippen MR) is 71.2 cm³/mol. The largest absolute Gasteiger partial charge is 0.330 e. The van der Waals surface area contributed by atoms with E-state index in [2.05, 4.69) is 16.1 Å². The summed E-state index contributed by atoms with van der Waals surface area (Å²) in [7, 11) is 2.03. The van der Waals surface area contributed by atoms with Gasteiger partial charge in [0, 0.05) is 42.2 Å². The molecule has 0 bridgehead atoms. The van der Waals surface area contributed by atoms with Gasteiger partial charge < -0.3 is 5.73 Å². The number of nitrogens with two attached hydrogens (primary N) is 1. The van der Waals surface area contributed by atoms with Crippen LogP contribution in [0.1, 0.15) is 30.0 Å². The zero-order chi connectivity index (χ0) is 12.5. The van der Waals surface area contributed by atoms with E-state index in [1.807, 2.05) is 24.0 Å². The molecule has 0 fully saturated rings. The number of nitrogens with zero attached hydrogens (tertiary/aromatic N) is 3. The van der Waals surface area contributed by atoms with Gasteiger partial charge in [-0.25, -0.2) is 0 Å². The standard InChI is InChI=1S/C14H18N4/c1-18-12-6-2-4-10(8-15)13(12)14(17-18)11-5-3-7-16-9-11/h3,5,7,9-10H,2,4,6,8,15H2,1H3. The fourth-order valence-corrected chi connectivity index (χ4v) is 2.91. The summed E-state index contributed by atoms with van der Waals surface area (Å²) in [5.41, 5.74) is 10.8. The molecule has 4 nitrogen and oxygen atoms in total. The van der Waals surface area contributed by atoms with Crippen LogP contribution in [0, 0.1) is 0 Å². The third kappa shape index (κ3) is 1.73. The highest BCUT2D eigenvalue weighted by Crippen LogP contribution is 2.37. The van der Waals surface area contributed by atoms with Gasteiger partial charge in [-0.05, 0) is 37.9 Å². The van der Waals surface area contributed by atoms with Crippen molar-refractivity contribution in [3.05, 3.63) is 35.8 Å². The molecule has 0 saturated heterocycles. The summed E-state index contributed by atoms with van der Waals surface area (Å²) in [4.78, 5) is 4.19. The van der Waals surface area contributed by atoms with Crippen LogP contribution >= 0.6 is 0 Å². The van der Waals surface area contributed by atoms with Crippen LogP contribution in [0.2, 0.25) is 0 Å². The monoisotopic (exact) mass is 242 g/mol. The summed E-state index contributed by atoms with van der Waals surface area (Å²) >= 11 is 0. The molecular formula is C14H18N4. The van der Waals surface area contributed by atoms with Crippen molar-refractivity contribution in [2.24, 2.45) is 12.8 Å². The molecular weight excluding hydrogens is 224 g/mol. The molecule has 4 heteroatoms. The summed E-state index contributed by atoms with van der Waals surface area (Å²) in [6.45, 7) is 0.700. The van der Waals surface area contributed by atoms with Crippen molar-refractivity contribution in [3.8, 4) is 11.3 Å². The molecule has 0 aliphatic heterocycles. The number of aromatic nitrogens is 3. The second-order valence-corrected chi connectivity index (χ2v) is 4.90. The Kier molecular flexibility index (Phi) is 2.88. The maximum absolute atomic E-state index is 5.92. The molecule has 3 rings (SSSR count). The minimum atomic E-state index is 0.442. The van der Waals surface area contributed by atoms with Crippen molar-refractivity contribution in [3.63, 3.8) is 0 Å². The highest BCUT2D eigenvalue weighted by Gasteiger charge is 2.27. The van der Waals surface area contributed by atoms with E-state index < -0.39 is 0 Å². The smallest absolute Gasteiger partial charge is 0.0976 e. The zero-order valence-corrected chi connectivity index (χ0v) is 10.6. The van der Waals surface area contributed by atoms with Crippen LogP contribution in [0.25, 0.3) is 11.3 Å². The highest BCUT2D eigenvalue weighted by molar-refractivity contribution is 5.64. The lowest BCUT2D eigenvalue weighted by molar-refractivity contribution is 0.541. The summed E-state index contributed by atoms with van der Waals surface area (Å²) in [6.07, 6.45) is 7.16. The van der Waals surface area contributed by atoms with Crippen LogP contribution in [0.4, 0.5) is 0 Å². The van der Waals surface area contributed by atoms with Crippen LogP contribution in [-0.2, 0) is 13.5 Å². The van der Waals surface area contributed by atoms with Gasteiger partial charge in [-0.3, -0.25) is 9.67 Å². The molecule has 2 aromatic rings. The number of rotatable bonds is 2. The summed E-state index contributed by atoms with van der Waals surface area (Å²) in [6, 6.07) is 4.02. The van der Waals surface area contributed by atoms with Crippen molar-refractivity contribution in [1.29, 1.82) is 0 Å². The van der Waals surface area contributed by atoms with Crippen LogP contribution in [0.5, 0.6) is 0 Å². The first kappa shape index (κ1) is 11.4. The van der Waals surface area contributed by atoms with Crippen molar-refractivity contribution in [2.75, 3.05) is 6.54 Å². The van der Waals surface area contributed by atoms with Crippen molar-refractivity contribution < 1.29 is 0 Å².